The van der Waals surface area contributed by atoms with E-state index in [2.05, 4.69) is 25.6 Å². The number of nitro groups is 1. The summed E-state index contributed by atoms with van der Waals surface area (Å²) in [7, 11) is 0. The molecular formula is C24H21N7O3S. The van der Waals surface area contributed by atoms with Crippen molar-refractivity contribution in [2.75, 3.05) is 5.75 Å². The van der Waals surface area contributed by atoms with Crippen molar-refractivity contribution in [1.29, 1.82) is 0 Å². The van der Waals surface area contributed by atoms with E-state index >= 15 is 0 Å². The van der Waals surface area contributed by atoms with Gasteiger partial charge in [-0.2, -0.15) is 10.2 Å². The van der Waals surface area contributed by atoms with Crippen molar-refractivity contribution in [3.05, 3.63) is 93.9 Å². The number of carbonyl (C=O) groups is 1. The quantitative estimate of drug-likeness (QED) is 0.130. The first kappa shape index (κ1) is 23.8. The maximum Gasteiger partial charge on any atom is 0.269 e. The molecule has 0 aliphatic heterocycles. The molecule has 0 unspecified atom stereocenters. The van der Waals surface area contributed by atoms with Crippen molar-refractivity contribution in [3.8, 4) is 16.9 Å². The molecule has 0 aliphatic carbocycles. The van der Waals surface area contributed by atoms with Crippen LogP contribution in [0.4, 0.5) is 5.69 Å². The molecule has 2 aromatic heterocycles. The Morgan fingerprint density at radius 1 is 1.11 bits per heavy atom. The molecule has 10 nitrogen and oxygen atoms in total. The number of nitrogens with one attached hydrogen (secondary N) is 1. The number of carbonyl (C=O) groups excluding carboxylic acids is 1. The van der Waals surface area contributed by atoms with Crippen molar-refractivity contribution in [1.82, 2.24) is 25.2 Å². The van der Waals surface area contributed by atoms with Crippen LogP contribution in [-0.4, -0.2) is 42.5 Å². The number of hydrazone groups is 1. The maximum absolute atomic E-state index is 12.3. The van der Waals surface area contributed by atoms with E-state index in [-0.39, 0.29) is 17.3 Å². The highest BCUT2D eigenvalue weighted by molar-refractivity contribution is 7.99. The Morgan fingerprint density at radius 3 is 2.46 bits per heavy atom. The lowest BCUT2D eigenvalue weighted by atomic mass is 10.1. The third-order valence-corrected chi connectivity index (χ3v) is 5.65. The molecule has 1 N–H and O–H groups in total. The second kappa shape index (κ2) is 10.7. The molecular weight excluding hydrogens is 466 g/mol. The topological polar surface area (TPSA) is 128 Å². The van der Waals surface area contributed by atoms with Crippen LogP contribution in [0.2, 0.25) is 0 Å². The molecule has 0 aliphatic rings. The Labute approximate surface area is 205 Å². The summed E-state index contributed by atoms with van der Waals surface area (Å²) in [4.78, 5) is 31.4. The minimum Gasteiger partial charge on any atom is -0.272 e. The van der Waals surface area contributed by atoms with Crippen molar-refractivity contribution in [2.45, 2.75) is 19.0 Å². The van der Waals surface area contributed by atoms with E-state index in [1.807, 2.05) is 50.2 Å². The summed E-state index contributed by atoms with van der Waals surface area (Å²) in [6.45, 7) is 3.75. The Balaban J connectivity index is 1.51. The number of amides is 1. The predicted molar refractivity (Wildman–Crippen MR) is 134 cm³/mol. The molecule has 176 valence electrons. The van der Waals surface area contributed by atoms with Gasteiger partial charge in [-0.3, -0.25) is 14.9 Å². The third-order valence-electron chi connectivity index (χ3n) is 4.80. The van der Waals surface area contributed by atoms with Gasteiger partial charge in [0.25, 0.3) is 11.6 Å². The number of thioether (sulfide) groups is 1. The van der Waals surface area contributed by atoms with E-state index in [0.717, 1.165) is 17.1 Å². The smallest absolute Gasteiger partial charge is 0.269 e. The number of hydrogen-bond acceptors (Lipinski definition) is 8. The average Bonchev–Trinajstić information content (AvgIpc) is 3.27. The standard InChI is InChI=1S/C24H21N7O3S/c1-16-12-17(2)27-24(26-16)35-15-22(32)28-25-13-19-14-30(20-6-4-3-5-7-20)29-23(19)18-8-10-21(11-9-18)31(33)34/h3-14H,15H2,1-2H3,(H,28,32)/b25-13+. The number of rotatable bonds is 8. The molecule has 0 bridgehead atoms. The molecule has 2 heterocycles. The molecule has 4 rings (SSSR count). The van der Waals surface area contributed by atoms with Gasteiger partial charge < -0.3 is 0 Å². The van der Waals surface area contributed by atoms with Crippen LogP contribution in [0.3, 0.4) is 0 Å². The number of para-hydroxylation sites is 1. The number of nitrogens with zero attached hydrogens (tertiary/aromatic N) is 6. The van der Waals surface area contributed by atoms with Gasteiger partial charge in [-0.25, -0.2) is 20.1 Å². The minimum absolute atomic E-state index is 0.0102. The predicted octanol–water partition coefficient (Wildman–Crippen LogP) is 4.10. The lowest BCUT2D eigenvalue weighted by molar-refractivity contribution is -0.384. The molecule has 1 amide bonds. The van der Waals surface area contributed by atoms with Gasteiger partial charge in [0.15, 0.2) is 5.16 Å². The first-order valence-electron chi connectivity index (χ1n) is 10.6. The van der Waals surface area contributed by atoms with Gasteiger partial charge in [-0.15, -0.1) is 0 Å². The number of hydrogen-bond donors (Lipinski definition) is 1. The summed E-state index contributed by atoms with van der Waals surface area (Å²) >= 11 is 1.23. The van der Waals surface area contributed by atoms with Crippen LogP contribution in [0, 0.1) is 24.0 Å². The normalized spacial score (nSPS) is 11.0. The molecule has 0 fully saturated rings. The van der Waals surface area contributed by atoms with Gasteiger partial charge in [-0.1, -0.05) is 30.0 Å². The van der Waals surface area contributed by atoms with Gasteiger partial charge in [0.1, 0.15) is 5.69 Å². The maximum atomic E-state index is 12.3. The molecule has 35 heavy (non-hydrogen) atoms. The minimum atomic E-state index is -0.453. The summed E-state index contributed by atoms with van der Waals surface area (Å²) in [5, 5.41) is 20.3. The second-order valence-corrected chi connectivity index (χ2v) is 8.47. The van der Waals surface area contributed by atoms with E-state index in [1.165, 1.54) is 30.1 Å². The zero-order chi connectivity index (χ0) is 24.8. The van der Waals surface area contributed by atoms with Crippen molar-refractivity contribution >= 4 is 29.6 Å². The lowest BCUT2D eigenvalue weighted by Crippen LogP contribution is -2.19. The summed E-state index contributed by atoms with van der Waals surface area (Å²) in [6.07, 6.45) is 3.28. The first-order valence-corrected chi connectivity index (χ1v) is 11.5. The highest BCUT2D eigenvalue weighted by atomic mass is 32.2. The molecule has 0 atom stereocenters. The zero-order valence-electron chi connectivity index (χ0n) is 19.0. The van der Waals surface area contributed by atoms with E-state index < -0.39 is 4.92 Å². The van der Waals surface area contributed by atoms with E-state index in [1.54, 1.807) is 23.0 Å². The van der Waals surface area contributed by atoms with Crippen molar-refractivity contribution in [3.63, 3.8) is 0 Å². The van der Waals surface area contributed by atoms with Crippen LogP contribution < -0.4 is 5.43 Å². The average molecular weight is 488 g/mol. The van der Waals surface area contributed by atoms with Gasteiger partial charge in [0, 0.05) is 40.8 Å². The molecule has 0 saturated heterocycles. The third kappa shape index (κ3) is 6.15. The molecule has 11 heteroatoms. The number of aromatic nitrogens is 4. The molecule has 4 aromatic rings. The Morgan fingerprint density at radius 2 is 1.80 bits per heavy atom. The van der Waals surface area contributed by atoms with Gasteiger partial charge >= 0.3 is 0 Å². The fourth-order valence-corrected chi connectivity index (χ4v) is 4.00. The van der Waals surface area contributed by atoms with Gasteiger partial charge in [-0.05, 0) is 44.2 Å². The summed E-state index contributed by atoms with van der Waals surface area (Å²) in [5.41, 5.74) is 6.90. The number of aryl methyl sites for hydroxylation is 2. The number of nitro benzene ring substituents is 1. The fourth-order valence-electron chi connectivity index (χ4n) is 3.25. The van der Waals surface area contributed by atoms with E-state index in [9.17, 15) is 14.9 Å². The van der Waals surface area contributed by atoms with Crippen LogP contribution in [-0.2, 0) is 4.79 Å². The second-order valence-electron chi connectivity index (χ2n) is 7.53. The van der Waals surface area contributed by atoms with Crippen LogP contribution in [0.25, 0.3) is 16.9 Å². The van der Waals surface area contributed by atoms with Crippen LogP contribution >= 0.6 is 11.8 Å². The van der Waals surface area contributed by atoms with Gasteiger partial charge in [0.05, 0.1) is 22.6 Å². The summed E-state index contributed by atoms with van der Waals surface area (Å²) in [6, 6.07) is 17.5. The zero-order valence-corrected chi connectivity index (χ0v) is 19.8. The Bertz CT molecular complexity index is 1370. The largest absolute Gasteiger partial charge is 0.272 e. The molecule has 0 saturated carbocycles. The summed E-state index contributed by atoms with van der Waals surface area (Å²) < 4.78 is 1.69. The van der Waals surface area contributed by atoms with Crippen LogP contribution in [0.1, 0.15) is 17.0 Å². The highest BCUT2D eigenvalue weighted by Crippen LogP contribution is 2.25. The molecule has 2 aromatic carbocycles. The molecule has 0 spiro atoms. The first-order chi connectivity index (χ1) is 16.9. The monoisotopic (exact) mass is 487 g/mol. The lowest BCUT2D eigenvalue weighted by Gasteiger charge is -2.02. The number of benzene rings is 2. The van der Waals surface area contributed by atoms with Crippen LogP contribution in [0.15, 0.2) is 77.1 Å². The van der Waals surface area contributed by atoms with Crippen molar-refractivity contribution < 1.29 is 9.72 Å². The SMILES string of the molecule is Cc1cc(C)nc(SCC(=O)N/N=C/c2cn(-c3ccccc3)nc2-c2ccc([N+](=O)[O-])cc2)n1. The highest BCUT2D eigenvalue weighted by Gasteiger charge is 2.13. The fraction of sp³-hybridized carbons (Fsp3) is 0.125. The van der Waals surface area contributed by atoms with E-state index in [4.69, 9.17) is 0 Å². The van der Waals surface area contributed by atoms with Gasteiger partial charge in [0.2, 0.25) is 0 Å². The number of non-ortho nitro benzene ring substituents is 1. The Hall–Kier alpha value is -4.38. The Kier molecular flexibility index (Phi) is 7.27. The van der Waals surface area contributed by atoms with E-state index in [0.29, 0.717) is 22.0 Å². The molecule has 0 radical (unpaired) electrons. The summed E-state index contributed by atoms with van der Waals surface area (Å²) in [5.74, 6) is -0.194. The van der Waals surface area contributed by atoms with Crippen molar-refractivity contribution in [2.24, 2.45) is 5.10 Å². The van der Waals surface area contributed by atoms with Crippen LogP contribution in [0.5, 0.6) is 0 Å².